The number of nitriles is 1. The van der Waals surface area contributed by atoms with Crippen LogP contribution in [0.4, 0.5) is 0 Å². The summed E-state index contributed by atoms with van der Waals surface area (Å²) in [5.74, 6) is -0.851. The average molecular weight is 536 g/mol. The second-order valence-corrected chi connectivity index (χ2v) is 11.3. The van der Waals surface area contributed by atoms with E-state index in [1.54, 1.807) is 26.8 Å². The first-order chi connectivity index (χ1) is 15.6. The highest BCUT2D eigenvalue weighted by Crippen LogP contribution is 2.46. The number of hydrogen-bond donors (Lipinski definition) is 2. The maximum atomic E-state index is 13.3. The van der Waals surface area contributed by atoms with Gasteiger partial charge in [0.05, 0.1) is 22.0 Å². The lowest BCUT2D eigenvalue weighted by Crippen LogP contribution is -2.34. The highest BCUT2D eigenvalue weighted by atomic mass is 79.9. The third kappa shape index (κ3) is 4.61. The Hall–Kier alpha value is -2.15. The Balaban J connectivity index is 2.23. The predicted octanol–water partition coefficient (Wildman–Crippen LogP) is 4.70. The predicted molar refractivity (Wildman–Crippen MR) is 130 cm³/mol. The topological polar surface area (TPSA) is 110 Å². The van der Waals surface area contributed by atoms with Gasteiger partial charge in [-0.05, 0) is 59.3 Å². The Morgan fingerprint density at radius 2 is 1.91 bits per heavy atom. The molecule has 9 heteroatoms. The van der Waals surface area contributed by atoms with Crippen molar-refractivity contribution in [2.45, 2.75) is 64.2 Å². The van der Waals surface area contributed by atoms with Gasteiger partial charge in [0.15, 0.2) is 5.78 Å². The summed E-state index contributed by atoms with van der Waals surface area (Å²) in [6.45, 7) is 7.86. The molecule has 0 saturated heterocycles. The van der Waals surface area contributed by atoms with Gasteiger partial charge in [0.25, 0.3) is 0 Å². The first-order valence-electron chi connectivity index (χ1n) is 11.3. The summed E-state index contributed by atoms with van der Waals surface area (Å²) in [7, 11) is -3.97. The SMILES string of the molecule is CCCC1CC(=O)C2=C(C1)NC(C)=C(C#N)C2c1cc(Br)c(O)c(S(=O)(=O)N(CC)CC)c1. The number of nitrogens with one attached hydrogen (secondary N) is 1. The molecule has 1 aromatic carbocycles. The number of carbonyl (C=O) groups is 1. The monoisotopic (exact) mass is 535 g/mol. The highest BCUT2D eigenvalue weighted by molar-refractivity contribution is 9.10. The van der Waals surface area contributed by atoms with Crippen LogP contribution in [-0.2, 0) is 14.8 Å². The van der Waals surface area contributed by atoms with Gasteiger partial charge in [0, 0.05) is 36.5 Å². The van der Waals surface area contributed by atoms with Gasteiger partial charge in [-0.2, -0.15) is 9.57 Å². The fourth-order valence-electron chi connectivity index (χ4n) is 4.87. The number of benzene rings is 1. The molecule has 2 aliphatic rings. The molecule has 1 aromatic rings. The zero-order valence-electron chi connectivity index (χ0n) is 19.4. The van der Waals surface area contributed by atoms with Crippen LogP contribution in [0.5, 0.6) is 5.75 Å². The van der Waals surface area contributed by atoms with Crippen molar-refractivity contribution in [2.75, 3.05) is 13.1 Å². The summed E-state index contributed by atoms with van der Waals surface area (Å²) in [6.07, 6.45) is 3.05. The highest BCUT2D eigenvalue weighted by Gasteiger charge is 2.39. The molecule has 1 aliphatic carbocycles. The lowest BCUT2D eigenvalue weighted by atomic mass is 9.72. The van der Waals surface area contributed by atoms with E-state index in [0.29, 0.717) is 35.2 Å². The Bertz CT molecular complexity index is 1180. The number of allylic oxidation sites excluding steroid dienone is 4. The van der Waals surface area contributed by atoms with Crippen molar-refractivity contribution in [1.82, 2.24) is 9.62 Å². The largest absolute Gasteiger partial charge is 0.505 e. The summed E-state index contributed by atoms with van der Waals surface area (Å²) in [4.78, 5) is 13.0. The summed E-state index contributed by atoms with van der Waals surface area (Å²) in [5, 5.41) is 23.9. The molecule has 3 rings (SSSR count). The van der Waals surface area contributed by atoms with Crippen LogP contribution in [0.1, 0.15) is 64.9 Å². The second-order valence-electron chi connectivity index (χ2n) is 8.53. The molecule has 0 radical (unpaired) electrons. The smallest absolute Gasteiger partial charge is 0.246 e. The maximum Gasteiger partial charge on any atom is 0.246 e. The molecule has 178 valence electrons. The van der Waals surface area contributed by atoms with Crippen molar-refractivity contribution in [2.24, 2.45) is 5.92 Å². The molecular formula is C24H30BrN3O4S. The quantitative estimate of drug-likeness (QED) is 0.523. The van der Waals surface area contributed by atoms with Gasteiger partial charge in [-0.25, -0.2) is 8.42 Å². The van der Waals surface area contributed by atoms with E-state index in [2.05, 4.69) is 34.2 Å². The minimum absolute atomic E-state index is 0.0233. The molecule has 2 atom stereocenters. The zero-order valence-corrected chi connectivity index (χ0v) is 21.8. The van der Waals surface area contributed by atoms with Gasteiger partial charge >= 0.3 is 0 Å². The first-order valence-corrected chi connectivity index (χ1v) is 13.5. The van der Waals surface area contributed by atoms with E-state index in [4.69, 9.17) is 0 Å². The number of halogens is 1. The molecule has 1 heterocycles. The standard InChI is InChI=1S/C24H30BrN3O4S/c1-5-8-15-9-19-23(20(29)10-15)22(17(13-26)14(4)27-19)16-11-18(25)24(30)21(12-16)33(31,32)28(6-2)7-3/h11-12,15,22,27,30H,5-10H2,1-4H3. The van der Waals surface area contributed by atoms with Crippen molar-refractivity contribution >= 4 is 31.7 Å². The molecule has 7 nitrogen and oxygen atoms in total. The van der Waals surface area contributed by atoms with E-state index in [1.807, 2.05) is 0 Å². The van der Waals surface area contributed by atoms with Crippen LogP contribution in [0.15, 0.2) is 44.0 Å². The molecule has 33 heavy (non-hydrogen) atoms. The fraction of sp³-hybridized carbons (Fsp3) is 0.500. The van der Waals surface area contributed by atoms with E-state index in [1.165, 1.54) is 10.4 Å². The minimum atomic E-state index is -3.97. The molecule has 0 amide bonds. The van der Waals surface area contributed by atoms with Crippen molar-refractivity contribution in [3.05, 3.63) is 44.7 Å². The molecule has 0 saturated carbocycles. The Kier molecular flexibility index (Phi) is 7.72. The van der Waals surface area contributed by atoms with E-state index >= 15 is 0 Å². The van der Waals surface area contributed by atoms with Gasteiger partial charge in [0.1, 0.15) is 10.6 Å². The van der Waals surface area contributed by atoms with Gasteiger partial charge in [-0.1, -0.05) is 27.2 Å². The average Bonchev–Trinajstić information content (AvgIpc) is 2.75. The number of phenolic OH excluding ortho intramolecular Hbond substituents is 1. The van der Waals surface area contributed by atoms with Gasteiger partial charge < -0.3 is 10.4 Å². The normalized spacial score (nSPS) is 21.2. The van der Waals surface area contributed by atoms with Gasteiger partial charge in [-0.15, -0.1) is 0 Å². The van der Waals surface area contributed by atoms with Crippen LogP contribution in [-0.4, -0.2) is 36.7 Å². The molecule has 2 N–H and O–H groups in total. The number of rotatable bonds is 7. The van der Waals surface area contributed by atoms with E-state index < -0.39 is 15.9 Å². The summed E-state index contributed by atoms with van der Waals surface area (Å²) in [6, 6.07) is 5.23. The second kappa shape index (κ2) is 10.00. The minimum Gasteiger partial charge on any atom is -0.505 e. The Labute approximate surface area is 204 Å². The molecule has 0 bridgehead atoms. The lowest BCUT2D eigenvalue weighted by Gasteiger charge is -2.35. The van der Waals surface area contributed by atoms with Crippen molar-refractivity contribution in [3.63, 3.8) is 0 Å². The van der Waals surface area contributed by atoms with Crippen LogP contribution in [0.25, 0.3) is 0 Å². The number of aromatic hydroxyl groups is 1. The van der Waals surface area contributed by atoms with Crippen molar-refractivity contribution in [3.8, 4) is 11.8 Å². The summed E-state index contributed by atoms with van der Waals surface area (Å²) in [5.41, 5.74) is 2.85. The third-order valence-electron chi connectivity index (χ3n) is 6.44. The van der Waals surface area contributed by atoms with Crippen LogP contribution >= 0.6 is 15.9 Å². The number of ketones is 1. The van der Waals surface area contributed by atoms with Crippen LogP contribution in [0.3, 0.4) is 0 Å². The van der Waals surface area contributed by atoms with E-state index in [9.17, 15) is 23.6 Å². The Morgan fingerprint density at radius 3 is 2.48 bits per heavy atom. The number of sulfonamides is 1. The zero-order chi connectivity index (χ0) is 24.5. The number of nitrogens with zero attached hydrogens (tertiary/aromatic N) is 2. The number of dihydropyridines is 1. The molecule has 0 spiro atoms. The maximum absolute atomic E-state index is 13.3. The molecular weight excluding hydrogens is 506 g/mol. The third-order valence-corrected chi connectivity index (χ3v) is 9.10. The molecule has 1 aliphatic heterocycles. The fourth-order valence-corrected chi connectivity index (χ4v) is 7.08. The van der Waals surface area contributed by atoms with Crippen LogP contribution in [0.2, 0.25) is 0 Å². The Morgan fingerprint density at radius 1 is 1.24 bits per heavy atom. The van der Waals surface area contributed by atoms with Crippen LogP contribution < -0.4 is 5.32 Å². The van der Waals surface area contributed by atoms with Crippen LogP contribution in [0, 0.1) is 17.2 Å². The molecule has 0 fully saturated rings. The summed E-state index contributed by atoms with van der Waals surface area (Å²) < 4.78 is 28.0. The number of Topliss-reactive ketones (excluding diaryl/α,β-unsaturated/α-hetero) is 1. The van der Waals surface area contributed by atoms with E-state index in [0.717, 1.165) is 18.5 Å². The molecule has 2 unspecified atom stereocenters. The first kappa shape index (κ1) is 25.5. The van der Waals surface area contributed by atoms with Crippen molar-refractivity contribution < 1.29 is 18.3 Å². The lowest BCUT2D eigenvalue weighted by molar-refractivity contribution is -0.117. The number of phenols is 1. The summed E-state index contributed by atoms with van der Waals surface area (Å²) >= 11 is 3.29. The van der Waals surface area contributed by atoms with Gasteiger partial charge in [-0.3, -0.25) is 4.79 Å². The van der Waals surface area contributed by atoms with Gasteiger partial charge in [0.2, 0.25) is 10.0 Å². The number of carbonyl (C=O) groups excluding carboxylic acids is 1. The number of hydrogen-bond acceptors (Lipinski definition) is 6. The van der Waals surface area contributed by atoms with E-state index in [-0.39, 0.29) is 39.9 Å². The van der Waals surface area contributed by atoms with Crippen molar-refractivity contribution in [1.29, 1.82) is 5.26 Å². The molecule has 0 aromatic heterocycles.